The van der Waals surface area contributed by atoms with E-state index < -0.39 is 17.9 Å². The molecule has 1 aliphatic heterocycles. The fourth-order valence-corrected chi connectivity index (χ4v) is 4.20. The number of likely N-dealkylation sites (N-methyl/N-ethyl adjacent to an activating group) is 1. The molecule has 30 heavy (non-hydrogen) atoms. The molecule has 3 amide bonds. The number of fused-ring (bicyclic) bond motifs is 2. The van der Waals surface area contributed by atoms with Crippen molar-refractivity contribution in [3.63, 3.8) is 0 Å². The summed E-state index contributed by atoms with van der Waals surface area (Å²) in [5, 5.41) is 2.08. The number of hydrogen-bond acceptors (Lipinski definition) is 3. The highest BCUT2D eigenvalue weighted by molar-refractivity contribution is 6.22. The third-order valence-electron chi connectivity index (χ3n) is 5.79. The first kappa shape index (κ1) is 19.8. The van der Waals surface area contributed by atoms with Crippen molar-refractivity contribution in [1.82, 2.24) is 9.80 Å². The van der Waals surface area contributed by atoms with Crippen LogP contribution in [0.1, 0.15) is 40.1 Å². The van der Waals surface area contributed by atoms with E-state index in [1.54, 1.807) is 29.2 Å². The van der Waals surface area contributed by atoms with Crippen molar-refractivity contribution in [2.45, 2.75) is 26.3 Å². The molecule has 5 heteroatoms. The summed E-state index contributed by atoms with van der Waals surface area (Å²) in [5.41, 5.74) is 1.66. The first-order valence-electron chi connectivity index (χ1n) is 10.3. The molecule has 1 aliphatic rings. The molecule has 0 N–H and O–H groups in total. The fraction of sp³-hybridized carbons (Fsp3) is 0.240. The maximum Gasteiger partial charge on any atom is 0.262 e. The highest BCUT2D eigenvalue weighted by Gasteiger charge is 2.43. The van der Waals surface area contributed by atoms with Crippen LogP contribution in [0.3, 0.4) is 0 Å². The Morgan fingerprint density at radius 1 is 0.833 bits per heavy atom. The number of carbonyl (C=O) groups excluding carboxylic acids is 3. The molecule has 4 rings (SSSR count). The van der Waals surface area contributed by atoms with Crippen LogP contribution in [0, 0.1) is 0 Å². The van der Waals surface area contributed by atoms with E-state index in [9.17, 15) is 14.4 Å². The molecule has 5 nitrogen and oxygen atoms in total. The normalized spacial score (nSPS) is 14.1. The molecule has 152 valence electrons. The Kier molecular flexibility index (Phi) is 5.36. The average molecular weight is 400 g/mol. The van der Waals surface area contributed by atoms with Gasteiger partial charge in [-0.3, -0.25) is 19.3 Å². The van der Waals surface area contributed by atoms with Gasteiger partial charge in [-0.1, -0.05) is 54.6 Å². The zero-order chi connectivity index (χ0) is 21.3. The van der Waals surface area contributed by atoms with Crippen LogP contribution in [0.5, 0.6) is 0 Å². The highest BCUT2D eigenvalue weighted by Crippen LogP contribution is 2.28. The minimum Gasteiger partial charge on any atom is -0.341 e. The van der Waals surface area contributed by atoms with Gasteiger partial charge >= 0.3 is 0 Å². The molecule has 1 unspecified atom stereocenters. The maximum absolute atomic E-state index is 13.5. The quantitative estimate of drug-likeness (QED) is 0.590. The number of amides is 3. The standard InChI is InChI=1S/C25H24N2O3/c1-3-26(4-2)25(30)22(16-18-12-9-11-17-10-5-6-13-19(17)18)27-23(28)20-14-7-8-15-21(20)24(27)29/h5-15,22H,3-4,16H2,1-2H3. The monoisotopic (exact) mass is 400 g/mol. The predicted molar refractivity (Wildman–Crippen MR) is 116 cm³/mol. The molecule has 0 saturated carbocycles. The lowest BCUT2D eigenvalue weighted by atomic mass is 9.97. The number of nitrogens with zero attached hydrogens (tertiary/aromatic N) is 2. The van der Waals surface area contributed by atoms with E-state index in [2.05, 4.69) is 0 Å². The number of benzene rings is 3. The van der Waals surface area contributed by atoms with Gasteiger partial charge in [-0.15, -0.1) is 0 Å². The van der Waals surface area contributed by atoms with Crippen molar-refractivity contribution < 1.29 is 14.4 Å². The average Bonchev–Trinajstić information content (AvgIpc) is 3.03. The lowest BCUT2D eigenvalue weighted by molar-refractivity contribution is -0.135. The zero-order valence-electron chi connectivity index (χ0n) is 17.2. The Morgan fingerprint density at radius 2 is 1.40 bits per heavy atom. The van der Waals surface area contributed by atoms with Crippen LogP contribution in [-0.2, 0) is 11.2 Å². The molecule has 3 aromatic rings. The second-order valence-corrected chi connectivity index (χ2v) is 7.39. The smallest absolute Gasteiger partial charge is 0.262 e. The van der Waals surface area contributed by atoms with E-state index >= 15 is 0 Å². The summed E-state index contributed by atoms with van der Waals surface area (Å²) in [6.45, 7) is 4.84. The molecule has 3 aromatic carbocycles. The molecule has 0 saturated heterocycles. The van der Waals surface area contributed by atoms with E-state index in [-0.39, 0.29) is 12.3 Å². The van der Waals surface area contributed by atoms with Gasteiger partial charge in [-0.25, -0.2) is 0 Å². The number of hydrogen-bond donors (Lipinski definition) is 0. The Morgan fingerprint density at radius 3 is 2.03 bits per heavy atom. The highest BCUT2D eigenvalue weighted by atomic mass is 16.2. The van der Waals surface area contributed by atoms with Crippen LogP contribution in [-0.4, -0.2) is 46.7 Å². The molecular formula is C25H24N2O3. The molecule has 0 bridgehead atoms. The van der Waals surface area contributed by atoms with E-state index in [0.29, 0.717) is 24.2 Å². The van der Waals surface area contributed by atoms with Crippen molar-refractivity contribution in [2.75, 3.05) is 13.1 Å². The zero-order valence-corrected chi connectivity index (χ0v) is 17.2. The number of carbonyl (C=O) groups is 3. The van der Waals surface area contributed by atoms with Gasteiger partial charge in [-0.2, -0.15) is 0 Å². The predicted octanol–water partition coefficient (Wildman–Crippen LogP) is 3.92. The SMILES string of the molecule is CCN(CC)C(=O)C(Cc1cccc2ccccc12)N1C(=O)c2ccccc2C1=O. The minimum atomic E-state index is -0.886. The number of imide groups is 1. The largest absolute Gasteiger partial charge is 0.341 e. The van der Waals surface area contributed by atoms with Gasteiger partial charge in [0.2, 0.25) is 5.91 Å². The van der Waals surface area contributed by atoms with Crippen LogP contribution >= 0.6 is 0 Å². The van der Waals surface area contributed by atoms with E-state index in [4.69, 9.17) is 0 Å². The van der Waals surface area contributed by atoms with Gasteiger partial charge in [0.05, 0.1) is 11.1 Å². The van der Waals surface area contributed by atoms with E-state index in [1.807, 2.05) is 56.3 Å². The van der Waals surface area contributed by atoms with Crippen molar-refractivity contribution >= 4 is 28.5 Å². The van der Waals surface area contributed by atoms with Crippen LogP contribution in [0.4, 0.5) is 0 Å². The van der Waals surface area contributed by atoms with Crippen molar-refractivity contribution in [3.05, 3.63) is 83.4 Å². The topological polar surface area (TPSA) is 57.7 Å². The van der Waals surface area contributed by atoms with E-state index in [0.717, 1.165) is 21.2 Å². The fourth-order valence-electron chi connectivity index (χ4n) is 4.20. The second-order valence-electron chi connectivity index (χ2n) is 7.39. The number of rotatable bonds is 6. The maximum atomic E-state index is 13.5. The van der Waals surface area contributed by atoms with Crippen LogP contribution in [0.25, 0.3) is 10.8 Å². The Bertz CT molecular complexity index is 1090. The first-order chi connectivity index (χ1) is 14.6. The van der Waals surface area contributed by atoms with Crippen LogP contribution in [0.15, 0.2) is 66.7 Å². The van der Waals surface area contributed by atoms with Crippen molar-refractivity contribution in [2.24, 2.45) is 0 Å². The first-order valence-corrected chi connectivity index (χ1v) is 10.3. The lowest BCUT2D eigenvalue weighted by Crippen LogP contribution is -2.52. The van der Waals surface area contributed by atoms with Gasteiger partial charge in [0.25, 0.3) is 11.8 Å². The van der Waals surface area contributed by atoms with Crippen LogP contribution in [0.2, 0.25) is 0 Å². The third kappa shape index (κ3) is 3.26. The van der Waals surface area contributed by atoms with Crippen LogP contribution < -0.4 is 0 Å². The van der Waals surface area contributed by atoms with Gasteiger partial charge < -0.3 is 4.90 Å². The summed E-state index contributed by atoms with van der Waals surface area (Å²) in [6, 6.07) is 19.7. The molecule has 0 fully saturated rings. The molecule has 1 heterocycles. The minimum absolute atomic E-state index is 0.206. The summed E-state index contributed by atoms with van der Waals surface area (Å²) in [5.74, 6) is -1.01. The Balaban J connectivity index is 1.79. The molecule has 0 aliphatic carbocycles. The lowest BCUT2D eigenvalue weighted by Gasteiger charge is -2.30. The molecular weight excluding hydrogens is 376 g/mol. The van der Waals surface area contributed by atoms with E-state index in [1.165, 1.54) is 0 Å². The van der Waals surface area contributed by atoms with Gasteiger partial charge in [0.1, 0.15) is 6.04 Å². The third-order valence-corrected chi connectivity index (χ3v) is 5.79. The van der Waals surface area contributed by atoms with Gasteiger partial charge in [-0.05, 0) is 42.3 Å². The summed E-state index contributed by atoms with van der Waals surface area (Å²) >= 11 is 0. The van der Waals surface area contributed by atoms with Crippen molar-refractivity contribution in [1.29, 1.82) is 0 Å². The second kappa shape index (κ2) is 8.11. The molecule has 0 spiro atoms. The summed E-state index contributed by atoms with van der Waals surface area (Å²) in [7, 11) is 0. The summed E-state index contributed by atoms with van der Waals surface area (Å²) < 4.78 is 0. The van der Waals surface area contributed by atoms with Gasteiger partial charge in [0, 0.05) is 19.5 Å². The Hall–Kier alpha value is -3.47. The summed E-state index contributed by atoms with van der Waals surface area (Å²) in [4.78, 5) is 42.6. The molecule has 0 radical (unpaired) electrons. The summed E-state index contributed by atoms with van der Waals surface area (Å²) in [6.07, 6.45) is 0.280. The van der Waals surface area contributed by atoms with Gasteiger partial charge in [0.15, 0.2) is 0 Å². The van der Waals surface area contributed by atoms with Crippen molar-refractivity contribution in [3.8, 4) is 0 Å². The Labute approximate surface area is 175 Å². The molecule has 1 atom stereocenters. The molecule has 0 aromatic heterocycles.